The molecule has 1 atom stereocenters. The summed E-state index contributed by atoms with van der Waals surface area (Å²) in [6, 6.07) is 16.5. The molecule has 0 bridgehead atoms. The van der Waals surface area contributed by atoms with Gasteiger partial charge in [0.05, 0.1) is 20.3 Å². The first-order valence-electron chi connectivity index (χ1n) is 9.47. The molecule has 28 heavy (non-hydrogen) atoms. The van der Waals surface area contributed by atoms with Gasteiger partial charge in [0.25, 0.3) is 0 Å². The Morgan fingerprint density at radius 1 is 0.929 bits per heavy atom. The van der Waals surface area contributed by atoms with Gasteiger partial charge in [-0.3, -0.25) is 0 Å². The van der Waals surface area contributed by atoms with E-state index in [2.05, 4.69) is 41.0 Å². The fourth-order valence-corrected chi connectivity index (χ4v) is 4.09. The average Bonchev–Trinajstić information content (AvgIpc) is 2.74. The van der Waals surface area contributed by atoms with Crippen molar-refractivity contribution >= 4 is 23.4 Å². The summed E-state index contributed by atoms with van der Waals surface area (Å²) in [5, 5.41) is 7.53. The molecule has 1 aliphatic carbocycles. The maximum Gasteiger partial charge on any atom is 0.171 e. The summed E-state index contributed by atoms with van der Waals surface area (Å²) >= 11 is 5.53. The molecule has 2 N–H and O–H groups in total. The molecule has 4 nitrogen and oxygen atoms in total. The first-order chi connectivity index (χ1) is 13.7. The molecule has 0 saturated heterocycles. The van der Waals surface area contributed by atoms with Gasteiger partial charge in [0, 0.05) is 5.70 Å². The number of thiocarbonyl (C=S) groups is 1. The van der Waals surface area contributed by atoms with Gasteiger partial charge in [0.1, 0.15) is 11.5 Å². The van der Waals surface area contributed by atoms with E-state index in [-0.39, 0.29) is 6.04 Å². The van der Waals surface area contributed by atoms with Gasteiger partial charge in [-0.1, -0.05) is 24.3 Å². The number of benzene rings is 2. The molecule has 2 aliphatic rings. The number of hydrogen-bond donors (Lipinski definition) is 2. The maximum atomic E-state index is 5.53. The lowest BCUT2D eigenvalue weighted by Crippen LogP contribution is -2.45. The summed E-state index contributed by atoms with van der Waals surface area (Å²) in [7, 11) is 3.37. The number of methoxy groups -OCH3 is 2. The van der Waals surface area contributed by atoms with Gasteiger partial charge in [0.15, 0.2) is 5.11 Å². The molecule has 1 heterocycles. The Balaban J connectivity index is 1.70. The highest BCUT2D eigenvalue weighted by atomic mass is 32.1. The van der Waals surface area contributed by atoms with Crippen LogP contribution in [0.25, 0.3) is 6.08 Å². The second kappa shape index (κ2) is 8.07. The number of nitrogens with one attached hydrogen (secondary N) is 2. The Bertz CT molecular complexity index is 930. The molecule has 0 radical (unpaired) electrons. The summed E-state index contributed by atoms with van der Waals surface area (Å²) < 4.78 is 10.6. The van der Waals surface area contributed by atoms with Gasteiger partial charge in [-0.15, -0.1) is 0 Å². The molecule has 2 aromatic rings. The second-order valence-electron chi connectivity index (χ2n) is 7.00. The highest BCUT2D eigenvalue weighted by Gasteiger charge is 2.30. The van der Waals surface area contributed by atoms with Crippen molar-refractivity contribution in [2.24, 2.45) is 0 Å². The lowest BCUT2D eigenvalue weighted by molar-refractivity contribution is 0.414. The Kier molecular flexibility index (Phi) is 5.35. The maximum absolute atomic E-state index is 5.53. The number of ether oxygens (including phenoxy) is 2. The minimum atomic E-state index is 0.0919. The Hall–Kier alpha value is -2.79. The third kappa shape index (κ3) is 3.76. The minimum Gasteiger partial charge on any atom is -0.497 e. The third-order valence-electron chi connectivity index (χ3n) is 5.30. The van der Waals surface area contributed by atoms with Crippen LogP contribution in [0.4, 0.5) is 0 Å². The summed E-state index contributed by atoms with van der Waals surface area (Å²) in [6.07, 6.45) is 5.47. The monoisotopic (exact) mass is 392 g/mol. The van der Waals surface area contributed by atoms with E-state index in [9.17, 15) is 0 Å². The Labute approximate surface area is 171 Å². The molecule has 1 unspecified atom stereocenters. The molecule has 0 fully saturated rings. The summed E-state index contributed by atoms with van der Waals surface area (Å²) in [5.74, 6) is 1.73. The first kappa shape index (κ1) is 18.6. The number of allylic oxidation sites excluding steroid dienone is 1. The summed E-state index contributed by atoms with van der Waals surface area (Å²) in [4.78, 5) is 0. The lowest BCUT2D eigenvalue weighted by atomic mass is 9.83. The van der Waals surface area contributed by atoms with Crippen LogP contribution in [0, 0.1) is 0 Å². The molecular weight excluding hydrogens is 368 g/mol. The quantitative estimate of drug-likeness (QED) is 0.736. The fraction of sp³-hybridized carbons (Fsp3) is 0.261. The van der Waals surface area contributed by atoms with E-state index in [4.69, 9.17) is 21.7 Å². The van der Waals surface area contributed by atoms with Gasteiger partial charge in [-0.25, -0.2) is 0 Å². The molecule has 0 saturated carbocycles. The van der Waals surface area contributed by atoms with Crippen molar-refractivity contribution in [2.45, 2.75) is 25.3 Å². The van der Waals surface area contributed by atoms with Crippen LogP contribution in [0.5, 0.6) is 11.5 Å². The van der Waals surface area contributed by atoms with E-state index in [0.717, 1.165) is 36.3 Å². The second-order valence-corrected chi connectivity index (χ2v) is 7.41. The molecule has 0 spiro atoms. The molecule has 5 heteroatoms. The van der Waals surface area contributed by atoms with Crippen LogP contribution in [0.15, 0.2) is 65.4 Å². The van der Waals surface area contributed by atoms with Crippen LogP contribution in [0.2, 0.25) is 0 Å². The number of hydrogen-bond acceptors (Lipinski definition) is 3. The van der Waals surface area contributed by atoms with Gasteiger partial charge < -0.3 is 20.1 Å². The van der Waals surface area contributed by atoms with E-state index in [1.165, 1.54) is 22.4 Å². The Morgan fingerprint density at radius 2 is 1.57 bits per heavy atom. The molecule has 144 valence electrons. The highest BCUT2D eigenvalue weighted by molar-refractivity contribution is 7.80. The van der Waals surface area contributed by atoms with E-state index in [1.807, 2.05) is 24.3 Å². The van der Waals surface area contributed by atoms with Crippen LogP contribution in [0.3, 0.4) is 0 Å². The zero-order valence-electron chi connectivity index (χ0n) is 16.1. The van der Waals surface area contributed by atoms with Crippen molar-refractivity contribution in [3.63, 3.8) is 0 Å². The van der Waals surface area contributed by atoms with E-state index in [1.54, 1.807) is 14.2 Å². The van der Waals surface area contributed by atoms with E-state index >= 15 is 0 Å². The fourth-order valence-electron chi connectivity index (χ4n) is 3.87. The normalized spacial score (nSPS) is 20.3. The topological polar surface area (TPSA) is 42.5 Å². The van der Waals surface area contributed by atoms with Gasteiger partial charge in [-0.05, 0) is 84.1 Å². The van der Waals surface area contributed by atoms with Crippen LogP contribution in [0.1, 0.15) is 36.4 Å². The zero-order chi connectivity index (χ0) is 19.5. The van der Waals surface area contributed by atoms with Crippen molar-refractivity contribution < 1.29 is 9.47 Å². The van der Waals surface area contributed by atoms with Crippen molar-refractivity contribution in [2.75, 3.05) is 14.2 Å². The van der Waals surface area contributed by atoms with E-state index in [0.29, 0.717) is 5.11 Å². The standard InChI is InChI=1S/C23H24N2O2S/c1-26-18-10-6-15(7-11-18)14-17-4-3-5-20-21(24-23(28)25-22(17)20)16-8-12-19(27-2)13-9-16/h6-14,21H,3-5H2,1-2H3,(H2,24,25,28)/b17-14-. The zero-order valence-corrected chi connectivity index (χ0v) is 16.9. The minimum absolute atomic E-state index is 0.0919. The van der Waals surface area contributed by atoms with Crippen molar-refractivity contribution in [1.82, 2.24) is 10.6 Å². The molecule has 0 aromatic heterocycles. The van der Waals surface area contributed by atoms with Crippen molar-refractivity contribution in [3.8, 4) is 11.5 Å². The Morgan fingerprint density at radius 3 is 2.21 bits per heavy atom. The average molecular weight is 393 g/mol. The molecule has 4 rings (SSSR count). The van der Waals surface area contributed by atoms with Gasteiger partial charge >= 0.3 is 0 Å². The predicted octanol–water partition coefficient (Wildman–Crippen LogP) is 4.74. The molecule has 1 aliphatic heterocycles. The smallest absolute Gasteiger partial charge is 0.171 e. The summed E-state index contributed by atoms with van der Waals surface area (Å²) in [5.41, 5.74) is 6.20. The highest BCUT2D eigenvalue weighted by Crippen LogP contribution is 2.39. The first-order valence-corrected chi connectivity index (χ1v) is 9.88. The van der Waals surface area contributed by atoms with Crippen molar-refractivity contribution in [1.29, 1.82) is 0 Å². The van der Waals surface area contributed by atoms with Crippen LogP contribution in [-0.2, 0) is 0 Å². The largest absolute Gasteiger partial charge is 0.497 e. The summed E-state index contributed by atoms with van der Waals surface area (Å²) in [6.45, 7) is 0. The molecule has 2 aromatic carbocycles. The van der Waals surface area contributed by atoms with Crippen molar-refractivity contribution in [3.05, 3.63) is 76.5 Å². The predicted molar refractivity (Wildman–Crippen MR) is 116 cm³/mol. The van der Waals surface area contributed by atoms with E-state index < -0.39 is 0 Å². The molecular formula is C23H24N2O2S. The number of rotatable bonds is 4. The third-order valence-corrected chi connectivity index (χ3v) is 5.52. The molecule has 0 amide bonds. The van der Waals surface area contributed by atoms with Crippen LogP contribution >= 0.6 is 12.2 Å². The van der Waals surface area contributed by atoms with Crippen LogP contribution in [-0.4, -0.2) is 19.3 Å². The van der Waals surface area contributed by atoms with Crippen LogP contribution < -0.4 is 20.1 Å². The lowest BCUT2D eigenvalue weighted by Gasteiger charge is -2.36. The van der Waals surface area contributed by atoms with Gasteiger partial charge in [0.2, 0.25) is 0 Å². The SMILES string of the molecule is COc1ccc(/C=C2/CCCC3=C2NC(=S)NC3c2ccc(OC)cc2)cc1. The van der Waals surface area contributed by atoms with Gasteiger partial charge in [-0.2, -0.15) is 0 Å².